The molecule has 0 fully saturated rings. The molecule has 4 aromatic rings. The second-order valence-electron chi connectivity index (χ2n) is 6.76. The number of hydrogen-bond donors (Lipinski definition) is 1. The van der Waals surface area contributed by atoms with E-state index in [4.69, 9.17) is 0 Å². The Morgan fingerprint density at radius 2 is 1.55 bits per heavy atom. The smallest absolute Gasteiger partial charge is 0.242 e. The topological polar surface area (TPSA) is 42.0 Å². The Balaban J connectivity index is 1.54. The SMILES string of the molecule is O=C(Nc1cccc(C#Cc2ccccn2)c1)C(Sc1ccccc1)c1ccccc1. The minimum atomic E-state index is -0.369. The molecule has 0 aliphatic carbocycles. The molecule has 1 atom stereocenters. The monoisotopic (exact) mass is 420 g/mol. The number of carbonyl (C=O) groups excluding carboxylic acids is 1. The Morgan fingerprint density at radius 3 is 2.29 bits per heavy atom. The molecule has 1 heterocycles. The molecule has 0 saturated heterocycles. The lowest BCUT2D eigenvalue weighted by Gasteiger charge is -2.17. The highest BCUT2D eigenvalue weighted by atomic mass is 32.2. The molecule has 0 bridgehead atoms. The molecule has 0 spiro atoms. The van der Waals surface area contributed by atoms with Gasteiger partial charge in [-0.25, -0.2) is 4.98 Å². The molecule has 0 saturated carbocycles. The fraction of sp³-hybridized carbons (Fsp3) is 0.0370. The van der Waals surface area contributed by atoms with Crippen molar-refractivity contribution >= 4 is 23.4 Å². The van der Waals surface area contributed by atoms with Crippen LogP contribution in [0.15, 0.2) is 114 Å². The van der Waals surface area contributed by atoms with Crippen LogP contribution in [0.3, 0.4) is 0 Å². The van der Waals surface area contributed by atoms with Crippen molar-refractivity contribution in [2.24, 2.45) is 0 Å². The minimum Gasteiger partial charge on any atom is -0.325 e. The maximum absolute atomic E-state index is 13.2. The normalized spacial score (nSPS) is 11.1. The zero-order chi connectivity index (χ0) is 21.3. The van der Waals surface area contributed by atoms with Gasteiger partial charge >= 0.3 is 0 Å². The van der Waals surface area contributed by atoms with E-state index in [-0.39, 0.29) is 11.2 Å². The summed E-state index contributed by atoms with van der Waals surface area (Å²) in [5, 5.41) is 2.69. The molecule has 31 heavy (non-hydrogen) atoms. The molecule has 0 aliphatic rings. The summed E-state index contributed by atoms with van der Waals surface area (Å²) in [5.74, 6) is 6.08. The highest BCUT2D eigenvalue weighted by molar-refractivity contribution is 8.00. The molecule has 1 aromatic heterocycles. The van der Waals surface area contributed by atoms with Gasteiger partial charge in [0.2, 0.25) is 5.91 Å². The van der Waals surface area contributed by atoms with Crippen LogP contribution in [0, 0.1) is 11.8 Å². The number of carbonyl (C=O) groups is 1. The van der Waals surface area contributed by atoms with Gasteiger partial charge in [-0.3, -0.25) is 4.79 Å². The summed E-state index contributed by atoms with van der Waals surface area (Å²) in [7, 11) is 0. The highest BCUT2D eigenvalue weighted by Gasteiger charge is 2.22. The van der Waals surface area contributed by atoms with Crippen molar-refractivity contribution in [3.8, 4) is 11.8 Å². The fourth-order valence-electron chi connectivity index (χ4n) is 2.99. The average Bonchev–Trinajstić information content (AvgIpc) is 2.83. The van der Waals surface area contributed by atoms with E-state index < -0.39 is 0 Å². The molecule has 150 valence electrons. The second-order valence-corrected chi connectivity index (χ2v) is 7.94. The highest BCUT2D eigenvalue weighted by Crippen LogP contribution is 2.36. The van der Waals surface area contributed by atoms with Gasteiger partial charge in [0.15, 0.2) is 0 Å². The predicted molar refractivity (Wildman–Crippen MR) is 127 cm³/mol. The van der Waals surface area contributed by atoms with E-state index in [1.807, 2.05) is 103 Å². The third-order valence-corrected chi connectivity index (χ3v) is 5.73. The summed E-state index contributed by atoms with van der Waals surface area (Å²) in [5.41, 5.74) is 3.20. The molecule has 4 heteroatoms. The van der Waals surface area contributed by atoms with Gasteiger partial charge < -0.3 is 5.32 Å². The van der Waals surface area contributed by atoms with Gasteiger partial charge in [0.05, 0.1) is 0 Å². The third kappa shape index (κ3) is 5.85. The minimum absolute atomic E-state index is 0.0742. The number of anilines is 1. The van der Waals surface area contributed by atoms with Crippen molar-refractivity contribution in [2.45, 2.75) is 10.1 Å². The van der Waals surface area contributed by atoms with Gasteiger partial charge in [-0.2, -0.15) is 0 Å². The summed E-state index contributed by atoms with van der Waals surface area (Å²) in [4.78, 5) is 18.5. The summed E-state index contributed by atoms with van der Waals surface area (Å²) in [6.07, 6.45) is 1.72. The molecular formula is C27H20N2OS. The van der Waals surface area contributed by atoms with Crippen LogP contribution in [0.2, 0.25) is 0 Å². The fourth-order valence-corrected chi connectivity index (χ4v) is 4.04. The number of amides is 1. The van der Waals surface area contributed by atoms with E-state index in [2.05, 4.69) is 22.1 Å². The summed E-state index contributed by atoms with van der Waals surface area (Å²) < 4.78 is 0. The largest absolute Gasteiger partial charge is 0.325 e. The summed E-state index contributed by atoms with van der Waals surface area (Å²) in [6, 6.07) is 33.0. The molecule has 1 amide bonds. The van der Waals surface area contributed by atoms with Crippen LogP contribution in [0.5, 0.6) is 0 Å². The van der Waals surface area contributed by atoms with Gasteiger partial charge in [0, 0.05) is 22.3 Å². The standard InChI is InChI=1S/C27H20N2OS/c30-27(26(22-11-3-1-4-12-22)31-25-15-5-2-6-16-25)29-24-14-9-10-21(20-24)17-18-23-13-7-8-19-28-23/h1-16,19-20,26H,(H,29,30). The number of aromatic nitrogens is 1. The lowest BCUT2D eigenvalue weighted by Crippen LogP contribution is -2.19. The Labute approximate surface area is 186 Å². The molecular weight excluding hydrogens is 400 g/mol. The van der Waals surface area contributed by atoms with E-state index in [0.717, 1.165) is 16.0 Å². The zero-order valence-electron chi connectivity index (χ0n) is 16.7. The van der Waals surface area contributed by atoms with E-state index >= 15 is 0 Å². The first-order valence-corrected chi connectivity index (χ1v) is 10.8. The molecule has 1 N–H and O–H groups in total. The number of nitrogens with zero attached hydrogens (tertiary/aromatic N) is 1. The van der Waals surface area contributed by atoms with E-state index in [1.165, 1.54) is 11.8 Å². The van der Waals surface area contributed by atoms with Crippen LogP contribution in [-0.2, 0) is 4.79 Å². The van der Waals surface area contributed by atoms with Crippen molar-refractivity contribution < 1.29 is 4.79 Å². The van der Waals surface area contributed by atoms with Crippen LogP contribution in [-0.4, -0.2) is 10.9 Å². The van der Waals surface area contributed by atoms with Gasteiger partial charge in [0.1, 0.15) is 10.9 Å². The first kappa shape index (κ1) is 20.5. The van der Waals surface area contributed by atoms with Gasteiger partial charge in [-0.05, 0) is 53.9 Å². The van der Waals surface area contributed by atoms with Crippen molar-refractivity contribution in [2.75, 3.05) is 5.32 Å². The number of thioether (sulfide) groups is 1. The zero-order valence-corrected chi connectivity index (χ0v) is 17.5. The van der Waals surface area contributed by atoms with Crippen molar-refractivity contribution in [1.29, 1.82) is 0 Å². The maximum Gasteiger partial charge on any atom is 0.242 e. The van der Waals surface area contributed by atoms with Gasteiger partial charge in [-0.15, -0.1) is 11.8 Å². The Hall–Kier alpha value is -3.81. The van der Waals surface area contributed by atoms with Crippen molar-refractivity contribution in [1.82, 2.24) is 4.98 Å². The lowest BCUT2D eigenvalue weighted by atomic mass is 10.1. The Morgan fingerprint density at radius 1 is 0.806 bits per heavy atom. The molecule has 3 nitrogen and oxygen atoms in total. The number of nitrogens with one attached hydrogen (secondary N) is 1. The van der Waals surface area contributed by atoms with Crippen LogP contribution in [0.4, 0.5) is 5.69 Å². The quantitative estimate of drug-likeness (QED) is 0.320. The molecule has 0 aliphatic heterocycles. The number of pyridine rings is 1. The van der Waals surface area contributed by atoms with Crippen LogP contribution in [0.1, 0.15) is 22.1 Å². The van der Waals surface area contributed by atoms with Gasteiger partial charge in [0.25, 0.3) is 0 Å². The number of rotatable bonds is 5. The van der Waals surface area contributed by atoms with Crippen LogP contribution >= 0.6 is 11.8 Å². The van der Waals surface area contributed by atoms with E-state index in [0.29, 0.717) is 11.4 Å². The van der Waals surface area contributed by atoms with Gasteiger partial charge in [-0.1, -0.05) is 66.6 Å². The lowest BCUT2D eigenvalue weighted by molar-refractivity contribution is -0.115. The van der Waals surface area contributed by atoms with E-state index in [1.54, 1.807) is 6.20 Å². The van der Waals surface area contributed by atoms with Crippen LogP contribution < -0.4 is 5.32 Å². The predicted octanol–water partition coefficient (Wildman–Crippen LogP) is 5.95. The molecule has 4 rings (SSSR count). The Bertz CT molecular complexity index is 1200. The second kappa shape index (κ2) is 10.3. The third-order valence-electron chi connectivity index (χ3n) is 4.47. The maximum atomic E-state index is 13.2. The molecule has 3 aromatic carbocycles. The molecule has 1 unspecified atom stereocenters. The summed E-state index contributed by atoms with van der Waals surface area (Å²) >= 11 is 1.53. The van der Waals surface area contributed by atoms with Crippen molar-refractivity contribution in [3.05, 3.63) is 126 Å². The summed E-state index contributed by atoms with van der Waals surface area (Å²) in [6.45, 7) is 0. The van der Waals surface area contributed by atoms with Crippen LogP contribution in [0.25, 0.3) is 0 Å². The Kier molecular flexibility index (Phi) is 6.79. The molecule has 0 radical (unpaired) electrons. The first-order valence-electron chi connectivity index (χ1n) is 9.88. The average molecular weight is 421 g/mol. The number of hydrogen-bond acceptors (Lipinski definition) is 3. The number of benzene rings is 3. The van der Waals surface area contributed by atoms with Crippen molar-refractivity contribution in [3.63, 3.8) is 0 Å². The first-order chi connectivity index (χ1) is 15.3. The van der Waals surface area contributed by atoms with E-state index in [9.17, 15) is 4.79 Å².